The molecule has 1 saturated heterocycles. The van der Waals surface area contributed by atoms with Crippen molar-refractivity contribution in [2.24, 2.45) is 0 Å². The molecule has 5 nitrogen and oxygen atoms in total. The average Bonchev–Trinajstić information content (AvgIpc) is 2.96. The maximum atomic E-state index is 13.9. The molecule has 1 fully saturated rings. The van der Waals surface area contributed by atoms with Crippen molar-refractivity contribution in [1.82, 2.24) is 14.5 Å². The molecule has 0 bridgehead atoms. The molecule has 0 saturated carbocycles. The summed E-state index contributed by atoms with van der Waals surface area (Å²) in [6.45, 7) is 3.98. The summed E-state index contributed by atoms with van der Waals surface area (Å²) in [6.07, 6.45) is 5.56. The molecule has 2 aromatic rings. The highest BCUT2D eigenvalue weighted by molar-refractivity contribution is 5.14. The van der Waals surface area contributed by atoms with Gasteiger partial charge in [-0.3, -0.25) is 4.90 Å². The number of hydrogen-bond donors (Lipinski definition) is 0. The largest absolute Gasteiger partial charge is 0.469 e. The monoisotopic (exact) mass is 331 g/mol. The lowest BCUT2D eigenvalue weighted by molar-refractivity contribution is 0.0161. The fraction of sp³-hybridized carbons (Fsp3) is 0.500. The Hall–Kier alpha value is -1.92. The first-order valence-corrected chi connectivity index (χ1v) is 8.52. The van der Waals surface area contributed by atoms with Crippen LogP contribution in [0.3, 0.4) is 0 Å². The molecule has 0 radical (unpaired) electrons. The molecule has 0 amide bonds. The van der Waals surface area contributed by atoms with Crippen LogP contribution in [-0.4, -0.2) is 46.4 Å². The first kappa shape index (κ1) is 15.6. The number of pyridine rings is 1. The SMILES string of the molecule is Fc1cccnc1OC1CN(C2CCOCC2)Cc2cccn2C1. The van der Waals surface area contributed by atoms with Crippen molar-refractivity contribution in [3.63, 3.8) is 0 Å². The van der Waals surface area contributed by atoms with Crippen LogP contribution in [0.15, 0.2) is 36.7 Å². The van der Waals surface area contributed by atoms with Crippen molar-refractivity contribution < 1.29 is 13.9 Å². The van der Waals surface area contributed by atoms with Crippen LogP contribution in [0.4, 0.5) is 4.39 Å². The molecular weight excluding hydrogens is 309 g/mol. The highest BCUT2D eigenvalue weighted by Gasteiger charge is 2.29. The van der Waals surface area contributed by atoms with Crippen LogP contribution >= 0.6 is 0 Å². The molecule has 1 atom stereocenters. The second kappa shape index (κ2) is 6.91. The minimum Gasteiger partial charge on any atom is -0.469 e. The first-order chi connectivity index (χ1) is 11.8. The zero-order valence-corrected chi connectivity index (χ0v) is 13.6. The van der Waals surface area contributed by atoms with E-state index in [1.807, 2.05) is 0 Å². The van der Waals surface area contributed by atoms with E-state index in [1.54, 1.807) is 12.3 Å². The van der Waals surface area contributed by atoms with Gasteiger partial charge in [0.15, 0.2) is 5.82 Å². The standard InChI is InChI=1S/C18H22FN3O2/c19-17-4-1-7-20-18(17)24-16-12-21-8-2-3-15(21)11-22(13-16)14-5-9-23-10-6-14/h1-4,7-8,14,16H,5-6,9-13H2. The summed E-state index contributed by atoms with van der Waals surface area (Å²) >= 11 is 0. The Labute approximate surface area is 141 Å². The van der Waals surface area contributed by atoms with Gasteiger partial charge in [0.05, 0.1) is 6.54 Å². The predicted octanol–water partition coefficient (Wildman–Crippen LogP) is 2.46. The Morgan fingerprint density at radius 1 is 1.17 bits per heavy atom. The summed E-state index contributed by atoms with van der Waals surface area (Å²) < 4.78 is 27.5. The summed E-state index contributed by atoms with van der Waals surface area (Å²) in [5, 5.41) is 0. The van der Waals surface area contributed by atoms with Gasteiger partial charge in [-0.15, -0.1) is 0 Å². The van der Waals surface area contributed by atoms with Gasteiger partial charge in [-0.1, -0.05) is 0 Å². The molecule has 4 rings (SSSR count). The normalized spacial score (nSPS) is 22.8. The molecule has 24 heavy (non-hydrogen) atoms. The summed E-state index contributed by atoms with van der Waals surface area (Å²) in [4.78, 5) is 6.49. The van der Waals surface area contributed by atoms with Crippen LogP contribution in [0.5, 0.6) is 5.88 Å². The second-order valence-corrected chi connectivity index (χ2v) is 6.46. The van der Waals surface area contributed by atoms with Crippen LogP contribution in [0, 0.1) is 5.82 Å². The number of hydrogen-bond acceptors (Lipinski definition) is 4. The van der Waals surface area contributed by atoms with Crippen LogP contribution in [-0.2, 0) is 17.8 Å². The Morgan fingerprint density at radius 3 is 2.88 bits per heavy atom. The average molecular weight is 331 g/mol. The van der Waals surface area contributed by atoms with Gasteiger partial charge in [0.1, 0.15) is 6.10 Å². The van der Waals surface area contributed by atoms with Crippen LogP contribution in [0.2, 0.25) is 0 Å². The number of ether oxygens (including phenoxy) is 2. The van der Waals surface area contributed by atoms with Gasteiger partial charge in [0, 0.05) is 50.4 Å². The first-order valence-electron chi connectivity index (χ1n) is 8.52. The van der Waals surface area contributed by atoms with Crippen LogP contribution in [0.1, 0.15) is 18.5 Å². The number of aromatic nitrogens is 2. The van der Waals surface area contributed by atoms with Crippen LogP contribution in [0.25, 0.3) is 0 Å². The summed E-state index contributed by atoms with van der Waals surface area (Å²) in [6, 6.07) is 7.65. The lowest BCUT2D eigenvalue weighted by Gasteiger charge is -2.34. The Bertz CT molecular complexity index is 684. The minimum absolute atomic E-state index is 0.0880. The van der Waals surface area contributed by atoms with Gasteiger partial charge in [0.2, 0.25) is 0 Å². The maximum Gasteiger partial charge on any atom is 0.250 e. The topological polar surface area (TPSA) is 39.5 Å². The highest BCUT2D eigenvalue weighted by Crippen LogP contribution is 2.23. The highest BCUT2D eigenvalue weighted by atomic mass is 19.1. The van der Waals surface area contributed by atoms with Gasteiger partial charge in [-0.2, -0.15) is 0 Å². The molecule has 0 aromatic carbocycles. The van der Waals surface area contributed by atoms with E-state index < -0.39 is 5.82 Å². The van der Waals surface area contributed by atoms with E-state index in [4.69, 9.17) is 9.47 Å². The summed E-state index contributed by atoms with van der Waals surface area (Å²) in [5.41, 5.74) is 1.27. The van der Waals surface area contributed by atoms with Crippen molar-refractivity contribution in [3.8, 4) is 5.88 Å². The quantitative estimate of drug-likeness (QED) is 0.866. The summed E-state index contributed by atoms with van der Waals surface area (Å²) in [7, 11) is 0. The molecule has 128 valence electrons. The zero-order valence-electron chi connectivity index (χ0n) is 13.6. The molecule has 2 aliphatic heterocycles. The van der Waals surface area contributed by atoms with E-state index in [9.17, 15) is 4.39 Å². The van der Waals surface area contributed by atoms with Crippen molar-refractivity contribution in [2.75, 3.05) is 19.8 Å². The molecule has 2 aromatic heterocycles. The lowest BCUT2D eigenvalue weighted by Crippen LogP contribution is -2.43. The molecule has 0 aliphatic carbocycles. The molecular formula is C18H22FN3O2. The third-order valence-corrected chi connectivity index (χ3v) is 4.84. The Morgan fingerprint density at radius 2 is 2.04 bits per heavy atom. The third kappa shape index (κ3) is 3.30. The molecule has 0 spiro atoms. The lowest BCUT2D eigenvalue weighted by atomic mass is 10.1. The van der Waals surface area contributed by atoms with Crippen molar-refractivity contribution in [1.29, 1.82) is 0 Å². The van der Waals surface area contributed by atoms with E-state index in [2.05, 4.69) is 32.8 Å². The molecule has 0 N–H and O–H groups in total. The van der Waals surface area contributed by atoms with Gasteiger partial charge >= 0.3 is 0 Å². The fourth-order valence-corrected chi connectivity index (χ4v) is 3.60. The zero-order chi connectivity index (χ0) is 16.4. The van der Waals surface area contributed by atoms with Crippen molar-refractivity contribution in [3.05, 3.63) is 48.2 Å². The van der Waals surface area contributed by atoms with E-state index in [-0.39, 0.29) is 12.0 Å². The van der Waals surface area contributed by atoms with E-state index >= 15 is 0 Å². The molecule has 6 heteroatoms. The molecule has 4 heterocycles. The number of halogens is 1. The van der Waals surface area contributed by atoms with Crippen molar-refractivity contribution in [2.45, 2.75) is 38.1 Å². The number of nitrogens with zero attached hydrogens (tertiary/aromatic N) is 3. The maximum absolute atomic E-state index is 13.9. The van der Waals surface area contributed by atoms with Gasteiger partial charge in [0.25, 0.3) is 5.88 Å². The van der Waals surface area contributed by atoms with Crippen molar-refractivity contribution >= 4 is 0 Å². The van der Waals surface area contributed by atoms with Gasteiger partial charge in [-0.05, 0) is 37.1 Å². The second-order valence-electron chi connectivity index (χ2n) is 6.46. The predicted molar refractivity (Wildman–Crippen MR) is 87.3 cm³/mol. The van der Waals surface area contributed by atoms with E-state index in [0.29, 0.717) is 12.6 Å². The fourth-order valence-electron chi connectivity index (χ4n) is 3.60. The smallest absolute Gasteiger partial charge is 0.250 e. The van der Waals surface area contributed by atoms with Gasteiger partial charge in [-0.25, -0.2) is 9.37 Å². The molecule has 2 aliphatic rings. The summed E-state index contributed by atoms with van der Waals surface area (Å²) in [5.74, 6) is -0.322. The Kier molecular flexibility index (Phi) is 4.49. The number of rotatable bonds is 3. The van der Waals surface area contributed by atoms with Crippen LogP contribution < -0.4 is 4.74 Å². The molecule has 1 unspecified atom stereocenters. The Balaban J connectivity index is 1.56. The number of fused-ring (bicyclic) bond motifs is 1. The minimum atomic E-state index is -0.410. The third-order valence-electron chi connectivity index (χ3n) is 4.84. The van der Waals surface area contributed by atoms with E-state index in [1.165, 1.54) is 11.8 Å². The van der Waals surface area contributed by atoms with Gasteiger partial charge < -0.3 is 14.0 Å². The van der Waals surface area contributed by atoms with E-state index in [0.717, 1.165) is 39.1 Å².